The predicted octanol–water partition coefficient (Wildman–Crippen LogP) is 4.51. The minimum atomic E-state index is -0.420. The Morgan fingerprint density at radius 1 is 1.07 bits per heavy atom. The van der Waals surface area contributed by atoms with E-state index >= 15 is 0 Å². The Balaban J connectivity index is 1.35. The van der Waals surface area contributed by atoms with E-state index in [0.29, 0.717) is 42.6 Å². The summed E-state index contributed by atoms with van der Waals surface area (Å²) in [6.07, 6.45) is 0. The molecule has 0 unspecified atom stereocenters. The number of hydrogen-bond donors (Lipinski definition) is 1. The Labute approximate surface area is 178 Å². The molecule has 2 heterocycles. The highest BCUT2D eigenvalue weighted by Crippen LogP contribution is 2.25. The van der Waals surface area contributed by atoms with Crippen LogP contribution in [0.3, 0.4) is 0 Å². The Morgan fingerprint density at radius 2 is 1.80 bits per heavy atom. The maximum absolute atomic E-state index is 14.4. The molecule has 2 amide bonds. The van der Waals surface area contributed by atoms with Crippen LogP contribution in [0.2, 0.25) is 0 Å². The highest BCUT2D eigenvalue weighted by molar-refractivity contribution is 7.14. The lowest BCUT2D eigenvalue weighted by Gasteiger charge is -2.36. The number of carbonyl (C=O) groups is 2. The summed E-state index contributed by atoms with van der Waals surface area (Å²) in [7, 11) is 0. The van der Waals surface area contributed by atoms with Crippen LogP contribution in [-0.2, 0) is 0 Å². The second-order valence-corrected chi connectivity index (χ2v) is 7.89. The van der Waals surface area contributed by atoms with Gasteiger partial charge < -0.3 is 9.80 Å². The quantitative estimate of drug-likeness (QED) is 0.626. The van der Waals surface area contributed by atoms with Gasteiger partial charge in [-0.3, -0.25) is 10.1 Å². The van der Waals surface area contributed by atoms with E-state index < -0.39 is 5.82 Å². The number of Topliss-reactive ketones (excluding diaryl/α,β-unsaturated/α-hetero) is 1. The molecule has 0 bridgehead atoms. The monoisotopic (exact) mass is 424 g/mol. The summed E-state index contributed by atoms with van der Waals surface area (Å²) >= 11 is 1.38. The van der Waals surface area contributed by atoms with Gasteiger partial charge in [0.05, 0.1) is 11.4 Å². The molecule has 1 saturated heterocycles. The van der Waals surface area contributed by atoms with Crippen molar-refractivity contribution in [2.24, 2.45) is 0 Å². The van der Waals surface area contributed by atoms with Gasteiger partial charge in [-0.1, -0.05) is 30.3 Å². The van der Waals surface area contributed by atoms with Crippen LogP contribution in [0.25, 0.3) is 11.3 Å². The van der Waals surface area contributed by atoms with Gasteiger partial charge in [0.1, 0.15) is 5.82 Å². The summed E-state index contributed by atoms with van der Waals surface area (Å²) in [5.74, 6) is -0.587. The number of nitrogens with zero attached hydrogens (tertiary/aromatic N) is 3. The number of anilines is 2. The molecule has 3 aromatic rings. The maximum atomic E-state index is 14.4. The SMILES string of the molecule is CC(=O)c1ccc(N2CCN(C(=O)Nc3nc(-c4ccccc4)cs3)CC2)c(F)c1. The van der Waals surface area contributed by atoms with E-state index in [4.69, 9.17) is 0 Å². The topological polar surface area (TPSA) is 65.5 Å². The molecule has 1 N–H and O–H groups in total. The van der Waals surface area contributed by atoms with Crippen LogP contribution in [0.4, 0.5) is 20.0 Å². The number of amides is 2. The normalized spacial score (nSPS) is 13.9. The first-order valence-electron chi connectivity index (χ1n) is 9.63. The van der Waals surface area contributed by atoms with E-state index in [1.165, 1.54) is 24.3 Å². The Kier molecular flexibility index (Phi) is 5.76. The molecule has 0 saturated carbocycles. The fourth-order valence-corrected chi connectivity index (χ4v) is 4.09. The van der Waals surface area contributed by atoms with Crippen LogP contribution in [0.15, 0.2) is 53.9 Å². The molecule has 0 radical (unpaired) electrons. The van der Waals surface area contributed by atoms with Crippen molar-refractivity contribution in [3.63, 3.8) is 0 Å². The molecule has 1 aliphatic heterocycles. The molecule has 1 fully saturated rings. The predicted molar refractivity (Wildman–Crippen MR) is 117 cm³/mol. The summed E-state index contributed by atoms with van der Waals surface area (Å²) in [5.41, 5.74) is 2.63. The van der Waals surface area contributed by atoms with Crippen LogP contribution < -0.4 is 10.2 Å². The number of ketones is 1. The van der Waals surface area contributed by atoms with Gasteiger partial charge >= 0.3 is 6.03 Å². The molecule has 1 aromatic heterocycles. The molecular weight excluding hydrogens is 403 g/mol. The number of piperazine rings is 1. The smallest absolute Gasteiger partial charge is 0.323 e. The van der Waals surface area contributed by atoms with Crippen LogP contribution in [0, 0.1) is 5.82 Å². The van der Waals surface area contributed by atoms with Crippen molar-refractivity contribution >= 4 is 34.0 Å². The highest BCUT2D eigenvalue weighted by Gasteiger charge is 2.24. The van der Waals surface area contributed by atoms with Crippen LogP contribution in [0.1, 0.15) is 17.3 Å². The van der Waals surface area contributed by atoms with Crippen molar-refractivity contribution in [1.29, 1.82) is 0 Å². The van der Waals surface area contributed by atoms with E-state index in [-0.39, 0.29) is 11.8 Å². The first kappa shape index (κ1) is 20.0. The third kappa shape index (κ3) is 4.33. The fraction of sp³-hybridized carbons (Fsp3) is 0.227. The molecule has 0 spiro atoms. The van der Waals surface area contributed by atoms with Gasteiger partial charge in [0, 0.05) is 42.7 Å². The Bertz CT molecular complexity index is 1060. The molecule has 30 heavy (non-hydrogen) atoms. The standard InChI is InChI=1S/C22H21FN4O2S/c1-15(28)17-7-8-20(18(23)13-17)26-9-11-27(12-10-26)22(29)25-21-24-19(14-30-21)16-5-3-2-4-6-16/h2-8,13-14H,9-12H2,1H3,(H,24,25,29). The first-order chi connectivity index (χ1) is 14.5. The molecule has 8 heteroatoms. The molecule has 1 aliphatic rings. The number of aromatic nitrogens is 1. The summed E-state index contributed by atoms with van der Waals surface area (Å²) in [4.78, 5) is 32.1. The third-order valence-electron chi connectivity index (χ3n) is 5.05. The lowest BCUT2D eigenvalue weighted by atomic mass is 10.1. The van der Waals surface area contributed by atoms with E-state index in [1.807, 2.05) is 40.6 Å². The average Bonchev–Trinajstić information content (AvgIpc) is 3.23. The Hall–Kier alpha value is -3.26. The molecule has 6 nitrogen and oxygen atoms in total. The number of halogens is 1. The van der Waals surface area contributed by atoms with E-state index in [1.54, 1.807) is 17.0 Å². The van der Waals surface area contributed by atoms with Crippen molar-refractivity contribution < 1.29 is 14.0 Å². The largest absolute Gasteiger partial charge is 0.366 e. The minimum absolute atomic E-state index is 0.167. The average molecular weight is 425 g/mol. The number of rotatable bonds is 4. The van der Waals surface area contributed by atoms with Crippen molar-refractivity contribution in [2.45, 2.75) is 6.92 Å². The van der Waals surface area contributed by atoms with Crippen molar-refractivity contribution in [3.8, 4) is 11.3 Å². The summed E-state index contributed by atoms with van der Waals surface area (Å²) < 4.78 is 14.4. The van der Waals surface area contributed by atoms with Crippen LogP contribution in [0.5, 0.6) is 0 Å². The van der Waals surface area contributed by atoms with Crippen molar-refractivity contribution in [1.82, 2.24) is 9.88 Å². The molecule has 154 valence electrons. The van der Waals surface area contributed by atoms with Crippen molar-refractivity contribution in [3.05, 3.63) is 65.3 Å². The van der Waals surface area contributed by atoms with Gasteiger partial charge in [-0.25, -0.2) is 14.2 Å². The maximum Gasteiger partial charge on any atom is 0.323 e. The molecule has 0 atom stereocenters. The number of benzene rings is 2. The Morgan fingerprint density at radius 3 is 2.47 bits per heavy atom. The van der Waals surface area contributed by atoms with Gasteiger partial charge in [-0.2, -0.15) is 0 Å². The molecular formula is C22H21FN4O2S. The zero-order valence-electron chi connectivity index (χ0n) is 16.5. The zero-order chi connectivity index (χ0) is 21.1. The minimum Gasteiger partial charge on any atom is -0.366 e. The van der Waals surface area contributed by atoms with Crippen molar-refractivity contribution in [2.75, 3.05) is 36.4 Å². The summed E-state index contributed by atoms with van der Waals surface area (Å²) in [6.45, 7) is 3.37. The van der Waals surface area contributed by atoms with E-state index in [9.17, 15) is 14.0 Å². The van der Waals surface area contributed by atoms with Gasteiger partial charge in [0.15, 0.2) is 10.9 Å². The second-order valence-electron chi connectivity index (χ2n) is 7.03. The second kappa shape index (κ2) is 8.62. The van der Waals surface area contributed by atoms with E-state index in [2.05, 4.69) is 10.3 Å². The number of nitrogens with one attached hydrogen (secondary N) is 1. The molecule has 2 aromatic carbocycles. The number of hydrogen-bond acceptors (Lipinski definition) is 5. The van der Waals surface area contributed by atoms with Gasteiger partial charge in [-0.05, 0) is 25.1 Å². The van der Waals surface area contributed by atoms with E-state index in [0.717, 1.165) is 11.3 Å². The van der Waals surface area contributed by atoms with Crippen LogP contribution in [-0.4, -0.2) is 47.9 Å². The molecule has 4 rings (SSSR count). The third-order valence-corrected chi connectivity index (χ3v) is 5.81. The summed E-state index contributed by atoms with van der Waals surface area (Å²) in [5, 5.41) is 5.31. The lowest BCUT2D eigenvalue weighted by Crippen LogP contribution is -2.50. The van der Waals surface area contributed by atoms with Gasteiger partial charge in [0.2, 0.25) is 0 Å². The first-order valence-corrected chi connectivity index (χ1v) is 10.5. The van der Waals surface area contributed by atoms with Gasteiger partial charge in [0.25, 0.3) is 0 Å². The number of urea groups is 1. The molecule has 0 aliphatic carbocycles. The summed E-state index contributed by atoms with van der Waals surface area (Å²) in [6, 6.07) is 14.1. The number of thiazole rings is 1. The fourth-order valence-electron chi connectivity index (χ4n) is 3.38. The zero-order valence-corrected chi connectivity index (χ0v) is 17.3. The van der Waals surface area contributed by atoms with Gasteiger partial charge in [-0.15, -0.1) is 11.3 Å². The highest BCUT2D eigenvalue weighted by atomic mass is 32.1. The van der Waals surface area contributed by atoms with Crippen LogP contribution >= 0.6 is 11.3 Å². The lowest BCUT2D eigenvalue weighted by molar-refractivity contribution is 0.101. The number of carbonyl (C=O) groups excluding carboxylic acids is 2.